The maximum absolute atomic E-state index is 13.0. The molecule has 0 fully saturated rings. The maximum atomic E-state index is 13.0. The first-order chi connectivity index (χ1) is 9.20. The molecule has 0 saturated heterocycles. The van der Waals surface area contributed by atoms with Crippen molar-refractivity contribution in [1.82, 2.24) is 10.6 Å². The zero-order valence-corrected chi connectivity index (χ0v) is 12.4. The minimum absolute atomic E-state index is 0.236. The van der Waals surface area contributed by atoms with E-state index < -0.39 is 6.10 Å². The number of nitrogens with one attached hydrogen (secondary N) is 2. The smallest absolute Gasteiger partial charge is 0.315 e. The highest BCUT2D eigenvalue weighted by molar-refractivity contribution is 5.74. The van der Waals surface area contributed by atoms with Gasteiger partial charge in [0.2, 0.25) is 0 Å². The van der Waals surface area contributed by atoms with Gasteiger partial charge in [0.1, 0.15) is 5.82 Å². The van der Waals surface area contributed by atoms with Gasteiger partial charge in [-0.15, -0.1) is 0 Å². The van der Waals surface area contributed by atoms with Crippen molar-refractivity contribution in [3.63, 3.8) is 0 Å². The second kappa shape index (κ2) is 6.70. The SMILES string of the molecule is CC(O)C(NC(=O)NCc1cccc(F)c1)C(C)(C)C. The fourth-order valence-electron chi connectivity index (χ4n) is 2.08. The van der Waals surface area contributed by atoms with Gasteiger partial charge in [-0.3, -0.25) is 0 Å². The van der Waals surface area contributed by atoms with Gasteiger partial charge in [0, 0.05) is 6.54 Å². The molecule has 2 amide bonds. The summed E-state index contributed by atoms with van der Waals surface area (Å²) in [5, 5.41) is 15.1. The average Bonchev–Trinajstić information content (AvgIpc) is 2.31. The van der Waals surface area contributed by atoms with Crippen molar-refractivity contribution in [2.24, 2.45) is 5.41 Å². The quantitative estimate of drug-likeness (QED) is 0.794. The molecule has 1 aromatic carbocycles. The summed E-state index contributed by atoms with van der Waals surface area (Å²) in [6.07, 6.45) is -0.657. The Balaban J connectivity index is 2.55. The number of halogens is 1. The van der Waals surface area contributed by atoms with Crippen molar-refractivity contribution >= 4 is 6.03 Å². The van der Waals surface area contributed by atoms with Gasteiger partial charge in [-0.05, 0) is 30.0 Å². The molecule has 20 heavy (non-hydrogen) atoms. The highest BCUT2D eigenvalue weighted by Gasteiger charge is 2.30. The average molecular weight is 282 g/mol. The van der Waals surface area contributed by atoms with Crippen LogP contribution in [0.4, 0.5) is 9.18 Å². The fourth-order valence-corrected chi connectivity index (χ4v) is 2.08. The summed E-state index contributed by atoms with van der Waals surface area (Å²) in [5.74, 6) is -0.332. The van der Waals surface area contributed by atoms with Crippen LogP contribution in [0, 0.1) is 11.2 Å². The van der Waals surface area contributed by atoms with Gasteiger partial charge in [0.25, 0.3) is 0 Å². The fraction of sp³-hybridized carbons (Fsp3) is 0.533. The molecule has 0 aliphatic rings. The second-order valence-electron chi connectivity index (χ2n) is 6.04. The van der Waals surface area contributed by atoms with E-state index in [1.165, 1.54) is 12.1 Å². The van der Waals surface area contributed by atoms with Crippen molar-refractivity contribution in [3.05, 3.63) is 35.6 Å². The third kappa shape index (κ3) is 5.17. The standard InChI is InChI=1S/C15H23FN2O2/c1-10(19)13(15(2,3)4)18-14(20)17-9-11-6-5-7-12(16)8-11/h5-8,10,13,19H,9H2,1-4H3,(H2,17,18,20). The van der Waals surface area contributed by atoms with Crippen LogP contribution in [0.1, 0.15) is 33.3 Å². The molecular weight excluding hydrogens is 259 g/mol. The number of benzene rings is 1. The maximum Gasteiger partial charge on any atom is 0.315 e. The molecule has 4 nitrogen and oxygen atoms in total. The van der Waals surface area contributed by atoms with E-state index in [1.54, 1.807) is 19.1 Å². The Kier molecular flexibility index (Phi) is 5.51. The summed E-state index contributed by atoms with van der Waals surface area (Å²) in [7, 11) is 0. The van der Waals surface area contributed by atoms with Crippen LogP contribution in [0.2, 0.25) is 0 Å². The summed E-state index contributed by atoms with van der Waals surface area (Å²) < 4.78 is 13.0. The van der Waals surface area contributed by atoms with E-state index in [1.807, 2.05) is 20.8 Å². The minimum atomic E-state index is -0.657. The lowest BCUT2D eigenvalue weighted by Gasteiger charge is -2.33. The normalized spacial score (nSPS) is 14.5. The van der Waals surface area contributed by atoms with Gasteiger partial charge in [-0.1, -0.05) is 32.9 Å². The Hall–Kier alpha value is -1.62. The molecule has 0 aliphatic heterocycles. The monoisotopic (exact) mass is 282 g/mol. The van der Waals surface area contributed by atoms with Gasteiger partial charge < -0.3 is 15.7 Å². The number of carbonyl (C=O) groups excluding carboxylic acids is 1. The second-order valence-corrected chi connectivity index (χ2v) is 6.04. The number of rotatable bonds is 4. The molecule has 0 bridgehead atoms. The molecule has 2 unspecified atom stereocenters. The van der Waals surface area contributed by atoms with E-state index in [0.717, 1.165) is 0 Å². The Morgan fingerprint density at radius 1 is 1.40 bits per heavy atom. The summed E-state index contributed by atoms with van der Waals surface area (Å²) in [5.41, 5.74) is 0.425. The molecule has 0 heterocycles. The van der Waals surface area contributed by atoms with Crippen LogP contribution in [0.25, 0.3) is 0 Å². The van der Waals surface area contributed by atoms with Crippen LogP contribution in [-0.4, -0.2) is 23.3 Å². The summed E-state index contributed by atoms with van der Waals surface area (Å²) >= 11 is 0. The van der Waals surface area contributed by atoms with Crippen LogP contribution in [0.15, 0.2) is 24.3 Å². The van der Waals surface area contributed by atoms with Gasteiger partial charge in [-0.25, -0.2) is 9.18 Å². The largest absolute Gasteiger partial charge is 0.391 e. The van der Waals surface area contributed by atoms with E-state index in [4.69, 9.17) is 0 Å². The molecule has 5 heteroatoms. The number of hydrogen-bond donors (Lipinski definition) is 3. The van der Waals surface area contributed by atoms with Crippen LogP contribution >= 0.6 is 0 Å². The molecule has 0 saturated carbocycles. The highest BCUT2D eigenvalue weighted by atomic mass is 19.1. The van der Waals surface area contributed by atoms with Gasteiger partial charge in [-0.2, -0.15) is 0 Å². The van der Waals surface area contributed by atoms with Crippen molar-refractivity contribution in [2.45, 2.75) is 46.4 Å². The molecule has 3 N–H and O–H groups in total. The Bertz CT molecular complexity index is 455. The van der Waals surface area contributed by atoms with E-state index in [-0.39, 0.29) is 29.8 Å². The molecule has 1 rings (SSSR count). The molecule has 0 aromatic heterocycles. The molecule has 0 spiro atoms. The van der Waals surface area contributed by atoms with Crippen LogP contribution < -0.4 is 10.6 Å². The predicted molar refractivity (Wildman–Crippen MR) is 76.7 cm³/mol. The van der Waals surface area contributed by atoms with Crippen molar-refractivity contribution in [3.8, 4) is 0 Å². The van der Waals surface area contributed by atoms with Crippen LogP contribution in [0.5, 0.6) is 0 Å². The first-order valence-corrected chi connectivity index (χ1v) is 6.67. The lowest BCUT2D eigenvalue weighted by atomic mass is 9.84. The van der Waals surface area contributed by atoms with Gasteiger partial charge >= 0.3 is 6.03 Å². The third-order valence-corrected chi connectivity index (χ3v) is 3.04. The highest BCUT2D eigenvalue weighted by Crippen LogP contribution is 2.21. The Labute approximate surface area is 119 Å². The third-order valence-electron chi connectivity index (χ3n) is 3.04. The molecule has 0 aliphatic carbocycles. The first-order valence-electron chi connectivity index (χ1n) is 6.67. The molecule has 112 valence electrons. The van der Waals surface area contributed by atoms with Crippen molar-refractivity contribution in [2.75, 3.05) is 0 Å². The topological polar surface area (TPSA) is 61.4 Å². The number of amides is 2. The van der Waals surface area contributed by atoms with Crippen molar-refractivity contribution in [1.29, 1.82) is 0 Å². The molecular formula is C15H23FN2O2. The number of urea groups is 1. The molecule has 2 atom stereocenters. The Morgan fingerprint density at radius 2 is 2.05 bits per heavy atom. The van der Waals surface area contributed by atoms with E-state index in [2.05, 4.69) is 10.6 Å². The van der Waals surface area contributed by atoms with Crippen LogP contribution in [-0.2, 0) is 6.54 Å². The first kappa shape index (κ1) is 16.4. The lowest BCUT2D eigenvalue weighted by Crippen LogP contribution is -2.53. The predicted octanol–water partition coefficient (Wildman–Crippen LogP) is 2.42. The van der Waals surface area contributed by atoms with Gasteiger partial charge in [0.05, 0.1) is 12.1 Å². The Morgan fingerprint density at radius 3 is 2.55 bits per heavy atom. The molecule has 0 radical (unpaired) electrons. The zero-order valence-electron chi connectivity index (χ0n) is 12.4. The number of carbonyl (C=O) groups is 1. The van der Waals surface area contributed by atoms with Crippen molar-refractivity contribution < 1.29 is 14.3 Å². The van der Waals surface area contributed by atoms with E-state index in [9.17, 15) is 14.3 Å². The number of aliphatic hydroxyl groups excluding tert-OH is 1. The molecule has 1 aromatic rings. The number of aliphatic hydroxyl groups is 1. The summed E-state index contributed by atoms with van der Waals surface area (Å²) in [4.78, 5) is 11.8. The van der Waals surface area contributed by atoms with E-state index >= 15 is 0 Å². The summed E-state index contributed by atoms with van der Waals surface area (Å²) in [6.45, 7) is 7.70. The minimum Gasteiger partial charge on any atom is -0.391 e. The van der Waals surface area contributed by atoms with E-state index in [0.29, 0.717) is 5.56 Å². The van der Waals surface area contributed by atoms with Crippen LogP contribution in [0.3, 0.4) is 0 Å². The van der Waals surface area contributed by atoms with Gasteiger partial charge in [0.15, 0.2) is 0 Å². The zero-order chi connectivity index (χ0) is 15.3. The summed E-state index contributed by atoms with van der Waals surface area (Å²) in [6, 6.07) is 5.31. The lowest BCUT2D eigenvalue weighted by molar-refractivity contribution is 0.0890. The number of hydrogen-bond acceptors (Lipinski definition) is 2.